The fraction of sp³-hybridized carbons (Fsp3) is 0.273. The average Bonchev–Trinajstić information content (AvgIpc) is 2.16. The molecular weight excluding hydrogens is 211 g/mol. The Hall–Kier alpha value is -1.75. The summed E-state index contributed by atoms with van der Waals surface area (Å²) in [5, 5.41) is 10.5. The molecule has 1 aromatic carbocycles. The third-order valence-electron chi connectivity index (χ3n) is 2.16. The van der Waals surface area contributed by atoms with Crippen molar-refractivity contribution in [2.45, 2.75) is 19.4 Å². The van der Waals surface area contributed by atoms with Gasteiger partial charge in [-0.2, -0.15) is 4.39 Å². The van der Waals surface area contributed by atoms with Gasteiger partial charge in [0.15, 0.2) is 0 Å². The van der Waals surface area contributed by atoms with Gasteiger partial charge in [0.25, 0.3) is 0 Å². The van der Waals surface area contributed by atoms with Gasteiger partial charge in [0.2, 0.25) is 5.82 Å². The summed E-state index contributed by atoms with van der Waals surface area (Å²) >= 11 is 0. The van der Waals surface area contributed by atoms with Gasteiger partial charge in [-0.05, 0) is 25.0 Å². The van der Waals surface area contributed by atoms with E-state index in [1.807, 2.05) is 6.92 Å². The van der Waals surface area contributed by atoms with Crippen LogP contribution < -0.4 is 5.73 Å². The first-order chi connectivity index (χ1) is 7.41. The molecule has 0 radical (unpaired) electrons. The smallest absolute Gasteiger partial charge is 0.305 e. The van der Waals surface area contributed by atoms with Crippen LogP contribution in [-0.4, -0.2) is 4.92 Å². The van der Waals surface area contributed by atoms with E-state index in [9.17, 15) is 14.5 Å². The topological polar surface area (TPSA) is 69.2 Å². The number of halogens is 1. The van der Waals surface area contributed by atoms with Crippen molar-refractivity contribution < 1.29 is 9.31 Å². The highest BCUT2D eigenvalue weighted by Gasteiger charge is 2.16. The SMILES string of the molecule is C=C(C)C[C@@H](N)c1ccc(F)c([N+](=O)[O-])c1. The third kappa shape index (κ3) is 2.87. The van der Waals surface area contributed by atoms with Crippen LogP contribution in [0, 0.1) is 15.9 Å². The number of benzene rings is 1. The Labute approximate surface area is 92.7 Å². The second-order valence-electron chi connectivity index (χ2n) is 3.74. The Morgan fingerprint density at radius 2 is 2.31 bits per heavy atom. The van der Waals surface area contributed by atoms with Crippen LogP contribution >= 0.6 is 0 Å². The molecular formula is C11H13FN2O2. The number of hydrogen-bond acceptors (Lipinski definition) is 3. The van der Waals surface area contributed by atoms with Crippen LogP contribution in [0.15, 0.2) is 30.4 Å². The summed E-state index contributed by atoms with van der Waals surface area (Å²) in [6.07, 6.45) is 0.517. The number of nitro groups is 1. The molecule has 1 rings (SSSR count). The van der Waals surface area contributed by atoms with Crippen LogP contribution in [0.2, 0.25) is 0 Å². The molecule has 86 valence electrons. The van der Waals surface area contributed by atoms with Crippen molar-refractivity contribution in [3.8, 4) is 0 Å². The van der Waals surface area contributed by atoms with E-state index in [4.69, 9.17) is 5.73 Å². The lowest BCUT2D eigenvalue weighted by Crippen LogP contribution is -2.11. The summed E-state index contributed by atoms with van der Waals surface area (Å²) in [6.45, 7) is 5.53. The molecule has 0 unspecified atom stereocenters. The molecule has 0 aliphatic carbocycles. The van der Waals surface area contributed by atoms with E-state index in [-0.39, 0.29) is 0 Å². The molecule has 0 aliphatic heterocycles. The van der Waals surface area contributed by atoms with E-state index in [1.165, 1.54) is 12.1 Å². The fourth-order valence-electron chi connectivity index (χ4n) is 1.39. The molecule has 2 N–H and O–H groups in total. The number of nitrogens with zero attached hydrogens (tertiary/aromatic N) is 1. The monoisotopic (exact) mass is 224 g/mol. The second kappa shape index (κ2) is 4.85. The third-order valence-corrected chi connectivity index (χ3v) is 2.16. The molecule has 5 heteroatoms. The molecule has 4 nitrogen and oxygen atoms in total. The van der Waals surface area contributed by atoms with Crippen molar-refractivity contribution in [2.24, 2.45) is 5.73 Å². The highest BCUT2D eigenvalue weighted by molar-refractivity contribution is 5.37. The average molecular weight is 224 g/mol. The predicted octanol–water partition coefficient (Wildman–Crippen LogP) is 2.70. The Bertz CT molecular complexity index is 432. The standard InChI is InChI=1S/C11H13FN2O2/c1-7(2)5-10(13)8-3-4-9(12)11(6-8)14(15)16/h3-4,6,10H,1,5,13H2,2H3/t10-/m1/s1. The van der Waals surface area contributed by atoms with Gasteiger partial charge in [-0.1, -0.05) is 11.6 Å². The summed E-state index contributed by atoms with van der Waals surface area (Å²) in [5.41, 5.74) is 6.68. The Kier molecular flexibility index (Phi) is 3.73. The van der Waals surface area contributed by atoms with E-state index in [1.54, 1.807) is 0 Å². The van der Waals surface area contributed by atoms with Gasteiger partial charge in [0.1, 0.15) is 0 Å². The first kappa shape index (κ1) is 12.3. The summed E-state index contributed by atoms with van der Waals surface area (Å²) in [5.74, 6) is -0.851. The minimum atomic E-state index is -0.851. The number of nitrogens with two attached hydrogens (primary N) is 1. The zero-order valence-electron chi connectivity index (χ0n) is 8.94. The molecule has 0 heterocycles. The quantitative estimate of drug-likeness (QED) is 0.485. The molecule has 16 heavy (non-hydrogen) atoms. The van der Waals surface area contributed by atoms with Crippen molar-refractivity contribution in [3.63, 3.8) is 0 Å². The maximum absolute atomic E-state index is 13.0. The van der Waals surface area contributed by atoms with E-state index >= 15 is 0 Å². The van der Waals surface area contributed by atoms with Crippen LogP contribution in [0.25, 0.3) is 0 Å². The minimum Gasteiger partial charge on any atom is -0.324 e. The summed E-state index contributed by atoms with van der Waals surface area (Å²) in [4.78, 5) is 9.77. The van der Waals surface area contributed by atoms with Crippen LogP contribution in [0.5, 0.6) is 0 Å². The maximum atomic E-state index is 13.0. The normalized spacial score (nSPS) is 12.2. The lowest BCUT2D eigenvalue weighted by atomic mass is 10.0. The molecule has 0 aliphatic rings. The fourth-order valence-corrected chi connectivity index (χ4v) is 1.39. The number of rotatable bonds is 4. The molecule has 0 amide bonds. The van der Waals surface area contributed by atoms with Gasteiger partial charge in [-0.25, -0.2) is 0 Å². The highest BCUT2D eigenvalue weighted by Crippen LogP contribution is 2.24. The van der Waals surface area contributed by atoms with Crippen LogP contribution in [0.3, 0.4) is 0 Å². The van der Waals surface area contributed by atoms with E-state index in [0.29, 0.717) is 12.0 Å². The van der Waals surface area contributed by atoms with Gasteiger partial charge >= 0.3 is 5.69 Å². The van der Waals surface area contributed by atoms with Crippen molar-refractivity contribution in [1.82, 2.24) is 0 Å². The number of nitro benzene ring substituents is 1. The first-order valence-corrected chi connectivity index (χ1v) is 4.75. The summed E-state index contributed by atoms with van der Waals surface area (Å²) in [7, 11) is 0. The molecule has 0 saturated heterocycles. The minimum absolute atomic E-state index is 0.392. The zero-order chi connectivity index (χ0) is 12.3. The lowest BCUT2D eigenvalue weighted by Gasteiger charge is -2.11. The zero-order valence-corrected chi connectivity index (χ0v) is 8.94. The van der Waals surface area contributed by atoms with Crippen molar-refractivity contribution >= 4 is 5.69 Å². The first-order valence-electron chi connectivity index (χ1n) is 4.75. The van der Waals surface area contributed by atoms with Gasteiger partial charge in [-0.3, -0.25) is 10.1 Å². The predicted molar refractivity (Wildman–Crippen MR) is 59.4 cm³/mol. The lowest BCUT2D eigenvalue weighted by molar-refractivity contribution is -0.387. The van der Waals surface area contributed by atoms with Crippen LogP contribution in [0.1, 0.15) is 24.9 Å². The van der Waals surface area contributed by atoms with Crippen molar-refractivity contribution in [2.75, 3.05) is 0 Å². The Morgan fingerprint density at radius 3 is 2.81 bits per heavy atom. The second-order valence-corrected chi connectivity index (χ2v) is 3.74. The van der Waals surface area contributed by atoms with Gasteiger partial charge in [0.05, 0.1) is 4.92 Å². The summed E-state index contributed by atoms with van der Waals surface area (Å²) < 4.78 is 13.0. The molecule has 0 saturated carbocycles. The van der Waals surface area contributed by atoms with Crippen LogP contribution in [0.4, 0.5) is 10.1 Å². The molecule has 0 aromatic heterocycles. The molecule has 0 fully saturated rings. The molecule has 1 atom stereocenters. The maximum Gasteiger partial charge on any atom is 0.305 e. The largest absolute Gasteiger partial charge is 0.324 e. The van der Waals surface area contributed by atoms with Crippen molar-refractivity contribution in [3.05, 3.63) is 51.8 Å². The van der Waals surface area contributed by atoms with E-state index < -0.39 is 22.5 Å². The summed E-state index contributed by atoms with van der Waals surface area (Å²) in [6, 6.07) is 3.29. The Balaban J connectivity index is 3.02. The van der Waals surface area contributed by atoms with Crippen molar-refractivity contribution in [1.29, 1.82) is 0 Å². The van der Waals surface area contributed by atoms with Gasteiger partial charge < -0.3 is 5.73 Å². The number of hydrogen-bond donors (Lipinski definition) is 1. The molecule has 0 spiro atoms. The van der Waals surface area contributed by atoms with Gasteiger partial charge in [-0.15, -0.1) is 6.58 Å². The van der Waals surface area contributed by atoms with E-state index in [0.717, 1.165) is 11.6 Å². The Morgan fingerprint density at radius 1 is 1.69 bits per heavy atom. The van der Waals surface area contributed by atoms with Crippen LogP contribution in [-0.2, 0) is 0 Å². The molecule has 0 bridgehead atoms. The highest BCUT2D eigenvalue weighted by atomic mass is 19.1. The molecule has 1 aromatic rings. The van der Waals surface area contributed by atoms with E-state index in [2.05, 4.69) is 6.58 Å². The van der Waals surface area contributed by atoms with Gasteiger partial charge in [0, 0.05) is 12.1 Å².